The molecule has 1 aromatic carbocycles. The van der Waals surface area contributed by atoms with Crippen molar-refractivity contribution in [2.75, 3.05) is 19.8 Å². The normalized spacial score (nSPS) is 13.2. The quantitative estimate of drug-likeness (QED) is 0.534. The summed E-state index contributed by atoms with van der Waals surface area (Å²) < 4.78 is 1.89. The smallest absolute Gasteiger partial charge is 0.196 e. The van der Waals surface area contributed by atoms with E-state index < -0.39 is 5.92 Å². The van der Waals surface area contributed by atoms with Gasteiger partial charge < -0.3 is 5.41 Å². The van der Waals surface area contributed by atoms with Gasteiger partial charge in [-0.25, -0.2) is 0 Å². The van der Waals surface area contributed by atoms with Crippen LogP contribution in [0.25, 0.3) is 5.69 Å². The number of halogens is 1. The number of thioether (sulfide) groups is 1. The topological polar surface area (TPSA) is 98.7 Å². The molecule has 9 heteroatoms. The van der Waals surface area contributed by atoms with Crippen LogP contribution in [0.2, 0.25) is 5.02 Å². The van der Waals surface area contributed by atoms with E-state index in [1.165, 1.54) is 18.7 Å². The van der Waals surface area contributed by atoms with Gasteiger partial charge in [0.1, 0.15) is 5.92 Å². The summed E-state index contributed by atoms with van der Waals surface area (Å²) in [6.07, 6.45) is 0. The largest absolute Gasteiger partial charge is 0.308 e. The van der Waals surface area contributed by atoms with E-state index in [0.717, 1.165) is 11.5 Å². The zero-order chi connectivity index (χ0) is 20.1. The summed E-state index contributed by atoms with van der Waals surface area (Å²) in [6.45, 7) is 3.48. The third-order valence-corrected chi connectivity index (χ3v) is 5.32. The molecule has 0 spiro atoms. The fraction of sp³-hybridized carbons (Fsp3) is 0.389. The van der Waals surface area contributed by atoms with E-state index in [4.69, 9.17) is 22.3 Å². The summed E-state index contributed by atoms with van der Waals surface area (Å²) in [5, 5.41) is 26.4. The molecular weight excluding hydrogens is 384 g/mol. The Morgan fingerprint density at radius 1 is 1.37 bits per heavy atom. The molecule has 1 heterocycles. The molecular formula is C18H21ClN6OS. The number of nitrogens with one attached hydrogen (secondary N) is 1. The third-order valence-electron chi connectivity index (χ3n) is 4.12. The maximum atomic E-state index is 12.3. The van der Waals surface area contributed by atoms with Crippen molar-refractivity contribution in [3.63, 3.8) is 0 Å². The van der Waals surface area contributed by atoms with Gasteiger partial charge in [-0.2, -0.15) is 5.26 Å². The predicted molar refractivity (Wildman–Crippen MR) is 107 cm³/mol. The van der Waals surface area contributed by atoms with Crippen LogP contribution in [-0.4, -0.2) is 51.0 Å². The lowest BCUT2D eigenvalue weighted by Crippen LogP contribution is -2.22. The first kappa shape index (κ1) is 21.1. The Labute approximate surface area is 167 Å². The molecule has 0 radical (unpaired) electrons. The lowest BCUT2D eigenvalue weighted by Gasteiger charge is -2.20. The highest BCUT2D eigenvalue weighted by Gasteiger charge is 2.24. The first-order valence-corrected chi connectivity index (χ1v) is 9.60. The van der Waals surface area contributed by atoms with E-state index in [0.29, 0.717) is 10.2 Å². The van der Waals surface area contributed by atoms with Crippen LogP contribution in [0.5, 0.6) is 0 Å². The van der Waals surface area contributed by atoms with Crippen LogP contribution < -0.4 is 0 Å². The second-order valence-corrected chi connectivity index (χ2v) is 7.67. The van der Waals surface area contributed by atoms with Crippen LogP contribution in [0.15, 0.2) is 29.4 Å². The second-order valence-electron chi connectivity index (χ2n) is 6.29. The number of Topliss-reactive ketones (excluding diaryl/α,β-unsaturated/α-hetero) is 1. The average molecular weight is 405 g/mol. The average Bonchev–Trinajstić information content (AvgIpc) is 3.03. The Balaban J connectivity index is 2.36. The van der Waals surface area contributed by atoms with Crippen molar-refractivity contribution in [2.45, 2.75) is 25.0 Å². The minimum absolute atomic E-state index is 0.00564. The SMILES string of the molecule is CC(=N)[C@H](C#N)C(=O)CSc1nnc([C@H](C)N(C)C)n1-c1ccc(Cl)cc1. The molecule has 2 rings (SSSR count). The zero-order valence-corrected chi connectivity index (χ0v) is 17.2. The maximum absolute atomic E-state index is 12.3. The molecule has 27 heavy (non-hydrogen) atoms. The number of hydrogen-bond acceptors (Lipinski definition) is 7. The van der Waals surface area contributed by atoms with Crippen molar-refractivity contribution >= 4 is 34.9 Å². The summed E-state index contributed by atoms with van der Waals surface area (Å²) in [7, 11) is 3.90. The van der Waals surface area contributed by atoms with Gasteiger partial charge in [0, 0.05) is 16.4 Å². The molecule has 0 aliphatic rings. The molecule has 142 valence electrons. The Kier molecular flexibility index (Phi) is 7.13. The van der Waals surface area contributed by atoms with Crippen LogP contribution in [0, 0.1) is 22.7 Å². The Hall–Kier alpha value is -2.21. The zero-order valence-electron chi connectivity index (χ0n) is 15.6. The standard InChI is InChI=1S/C18H21ClN6OS/c1-11(21)15(9-20)16(26)10-27-18-23-22-17(12(2)24(3)4)25(18)14-7-5-13(19)6-8-14/h5-8,12,15,21H,10H2,1-4H3/t12-,15-/m0/s1. The van der Waals surface area contributed by atoms with Crippen molar-refractivity contribution in [1.82, 2.24) is 19.7 Å². The predicted octanol–water partition coefficient (Wildman–Crippen LogP) is 3.38. The Bertz CT molecular complexity index is 871. The number of ketones is 1. The van der Waals surface area contributed by atoms with Gasteiger partial charge in [0.05, 0.1) is 17.9 Å². The number of nitriles is 1. The number of carbonyl (C=O) groups excluding carboxylic acids is 1. The summed E-state index contributed by atoms with van der Waals surface area (Å²) >= 11 is 7.21. The Morgan fingerprint density at radius 3 is 2.52 bits per heavy atom. The Morgan fingerprint density at radius 2 is 2.00 bits per heavy atom. The minimum atomic E-state index is -1.02. The molecule has 0 amide bonds. The molecule has 0 fully saturated rings. The summed E-state index contributed by atoms with van der Waals surface area (Å²) in [5.41, 5.74) is 0.882. The molecule has 1 aromatic heterocycles. The number of carbonyl (C=O) groups is 1. The van der Waals surface area contributed by atoms with Gasteiger partial charge in [0.2, 0.25) is 0 Å². The number of benzene rings is 1. The number of rotatable bonds is 8. The lowest BCUT2D eigenvalue weighted by atomic mass is 10.0. The summed E-state index contributed by atoms with van der Waals surface area (Å²) in [4.78, 5) is 14.3. The molecule has 2 aromatic rings. The van der Waals surface area contributed by atoms with E-state index in [-0.39, 0.29) is 23.3 Å². The minimum Gasteiger partial charge on any atom is -0.308 e. The first-order valence-electron chi connectivity index (χ1n) is 8.24. The van der Waals surface area contributed by atoms with Gasteiger partial charge in [-0.1, -0.05) is 23.4 Å². The van der Waals surface area contributed by atoms with E-state index in [9.17, 15) is 4.79 Å². The van der Waals surface area contributed by atoms with Crippen LogP contribution in [0.3, 0.4) is 0 Å². The van der Waals surface area contributed by atoms with Crippen LogP contribution in [0.4, 0.5) is 0 Å². The lowest BCUT2D eigenvalue weighted by molar-refractivity contribution is -0.117. The van der Waals surface area contributed by atoms with E-state index in [1.807, 2.05) is 48.7 Å². The number of aromatic nitrogens is 3. The van der Waals surface area contributed by atoms with Gasteiger partial charge in [0.25, 0.3) is 0 Å². The first-order chi connectivity index (χ1) is 12.8. The van der Waals surface area contributed by atoms with Gasteiger partial charge in [0.15, 0.2) is 16.8 Å². The molecule has 2 atom stereocenters. The molecule has 0 saturated carbocycles. The molecule has 0 aliphatic heterocycles. The van der Waals surface area contributed by atoms with Crippen LogP contribution in [0.1, 0.15) is 25.7 Å². The highest BCUT2D eigenvalue weighted by atomic mass is 35.5. The number of hydrogen-bond donors (Lipinski definition) is 1. The van der Waals surface area contributed by atoms with E-state index >= 15 is 0 Å². The molecule has 0 unspecified atom stereocenters. The maximum Gasteiger partial charge on any atom is 0.196 e. The molecule has 0 bridgehead atoms. The fourth-order valence-corrected chi connectivity index (χ4v) is 3.33. The van der Waals surface area contributed by atoms with Gasteiger partial charge in [-0.15, -0.1) is 10.2 Å². The van der Waals surface area contributed by atoms with Crippen molar-refractivity contribution in [3.05, 3.63) is 35.1 Å². The van der Waals surface area contributed by atoms with Crippen molar-refractivity contribution in [2.24, 2.45) is 5.92 Å². The second kappa shape index (κ2) is 9.13. The van der Waals surface area contributed by atoms with Crippen molar-refractivity contribution in [3.8, 4) is 11.8 Å². The molecule has 0 saturated heterocycles. The molecule has 7 nitrogen and oxygen atoms in total. The van der Waals surface area contributed by atoms with E-state index in [2.05, 4.69) is 10.2 Å². The highest BCUT2D eigenvalue weighted by molar-refractivity contribution is 7.99. The highest BCUT2D eigenvalue weighted by Crippen LogP contribution is 2.28. The van der Waals surface area contributed by atoms with Gasteiger partial charge in [-0.3, -0.25) is 14.3 Å². The fourth-order valence-electron chi connectivity index (χ4n) is 2.34. The van der Waals surface area contributed by atoms with Crippen LogP contribution in [-0.2, 0) is 4.79 Å². The summed E-state index contributed by atoms with van der Waals surface area (Å²) in [5.74, 6) is -0.568. The third kappa shape index (κ3) is 4.95. The van der Waals surface area contributed by atoms with Crippen molar-refractivity contribution < 1.29 is 4.79 Å². The van der Waals surface area contributed by atoms with Crippen molar-refractivity contribution in [1.29, 1.82) is 10.7 Å². The number of nitrogens with zero attached hydrogens (tertiary/aromatic N) is 5. The van der Waals surface area contributed by atoms with Gasteiger partial charge >= 0.3 is 0 Å². The van der Waals surface area contributed by atoms with Crippen LogP contribution >= 0.6 is 23.4 Å². The van der Waals surface area contributed by atoms with Gasteiger partial charge in [-0.05, 0) is 52.2 Å². The summed E-state index contributed by atoms with van der Waals surface area (Å²) in [6, 6.07) is 9.16. The molecule has 1 N–H and O–H groups in total. The monoisotopic (exact) mass is 404 g/mol. The van der Waals surface area contributed by atoms with E-state index in [1.54, 1.807) is 12.1 Å². The molecule has 0 aliphatic carbocycles.